The average molecular weight is 414 g/mol. The van der Waals surface area contributed by atoms with Crippen molar-refractivity contribution in [2.75, 3.05) is 17.2 Å². The number of anilines is 2. The molecule has 158 valence electrons. The Morgan fingerprint density at radius 2 is 1.77 bits per heavy atom. The zero-order valence-corrected chi connectivity index (χ0v) is 17.5. The highest BCUT2D eigenvalue weighted by Gasteiger charge is 2.54. The van der Waals surface area contributed by atoms with Crippen LogP contribution >= 0.6 is 0 Å². The van der Waals surface area contributed by atoms with Crippen LogP contribution < -0.4 is 16.4 Å². The standard InChI is InChI=1S/C24H27N7/c25-10-16-3-1-2-4-17(16)12-28-23-29-13-20(11-26)22(31-23)30-14-24-7-15-5-18(8-24)21(27)19(6-15)9-24/h1-4,13,15,18-19,21H,5-9,12,14,27H2,(H2,28,29,30,31)/t15?,18-,19+,21-,24-. The van der Waals surface area contributed by atoms with E-state index in [0.29, 0.717) is 47.3 Å². The zero-order valence-electron chi connectivity index (χ0n) is 17.5. The normalized spacial score (nSPS) is 30.4. The molecular formula is C24H27N7. The monoisotopic (exact) mass is 413 g/mol. The number of rotatable bonds is 6. The molecule has 1 aromatic carbocycles. The van der Waals surface area contributed by atoms with Gasteiger partial charge in [-0.3, -0.25) is 0 Å². The summed E-state index contributed by atoms with van der Waals surface area (Å²) in [5.74, 6) is 3.12. The number of nitrogens with zero attached hydrogens (tertiary/aromatic N) is 4. The SMILES string of the molecule is N#Cc1ccccc1CNc1ncc(C#N)c(NC[C@]23CC4C[C@H](C2)[C@@H](N)[C@@H](C4)C3)n1. The van der Waals surface area contributed by atoms with Crippen molar-refractivity contribution < 1.29 is 0 Å². The van der Waals surface area contributed by atoms with Crippen LogP contribution in [-0.2, 0) is 6.54 Å². The lowest BCUT2D eigenvalue weighted by Crippen LogP contribution is -2.58. The molecule has 4 N–H and O–H groups in total. The lowest BCUT2D eigenvalue weighted by molar-refractivity contribution is -0.0591. The van der Waals surface area contributed by atoms with E-state index < -0.39 is 0 Å². The van der Waals surface area contributed by atoms with Crippen LogP contribution in [0.2, 0.25) is 0 Å². The van der Waals surface area contributed by atoms with Gasteiger partial charge < -0.3 is 16.4 Å². The maximum Gasteiger partial charge on any atom is 0.224 e. The van der Waals surface area contributed by atoms with E-state index in [0.717, 1.165) is 18.0 Å². The van der Waals surface area contributed by atoms with E-state index in [2.05, 4.69) is 32.7 Å². The number of hydrogen-bond donors (Lipinski definition) is 3. The van der Waals surface area contributed by atoms with Gasteiger partial charge in [0.2, 0.25) is 5.95 Å². The van der Waals surface area contributed by atoms with Crippen molar-refractivity contribution in [3.05, 3.63) is 47.2 Å². The van der Waals surface area contributed by atoms with Crippen LogP contribution in [0.25, 0.3) is 0 Å². The van der Waals surface area contributed by atoms with Gasteiger partial charge in [-0.1, -0.05) is 18.2 Å². The first-order valence-electron chi connectivity index (χ1n) is 11.1. The topological polar surface area (TPSA) is 123 Å². The molecule has 4 saturated carbocycles. The molecular weight excluding hydrogens is 386 g/mol. The zero-order chi connectivity index (χ0) is 21.4. The predicted molar refractivity (Wildman–Crippen MR) is 118 cm³/mol. The Balaban J connectivity index is 1.29. The molecule has 0 saturated heterocycles. The van der Waals surface area contributed by atoms with Crippen LogP contribution in [0.1, 0.15) is 48.8 Å². The van der Waals surface area contributed by atoms with Gasteiger partial charge in [0.1, 0.15) is 17.5 Å². The molecule has 0 radical (unpaired) electrons. The largest absolute Gasteiger partial charge is 0.368 e. The highest BCUT2D eigenvalue weighted by atomic mass is 15.1. The molecule has 4 fully saturated rings. The van der Waals surface area contributed by atoms with Gasteiger partial charge in [-0.05, 0) is 66.9 Å². The van der Waals surface area contributed by atoms with Crippen molar-refractivity contribution in [3.8, 4) is 12.1 Å². The summed E-state index contributed by atoms with van der Waals surface area (Å²) in [5, 5.41) is 25.5. The summed E-state index contributed by atoms with van der Waals surface area (Å²) in [6.45, 7) is 1.27. The predicted octanol–water partition coefficient (Wildman–Crippen LogP) is 3.40. The number of nitriles is 2. The fourth-order valence-corrected chi connectivity index (χ4v) is 6.36. The third-order valence-corrected chi connectivity index (χ3v) is 7.59. The quantitative estimate of drug-likeness (QED) is 0.663. The molecule has 7 heteroatoms. The molecule has 0 spiro atoms. The molecule has 6 rings (SSSR count). The van der Waals surface area contributed by atoms with Crippen LogP contribution in [0.4, 0.5) is 11.8 Å². The van der Waals surface area contributed by atoms with E-state index in [1.807, 2.05) is 18.2 Å². The molecule has 4 bridgehead atoms. The third kappa shape index (κ3) is 3.71. The van der Waals surface area contributed by atoms with Crippen molar-refractivity contribution in [3.63, 3.8) is 0 Å². The van der Waals surface area contributed by atoms with Gasteiger partial charge in [0.15, 0.2) is 0 Å². The highest BCUT2D eigenvalue weighted by molar-refractivity contribution is 5.53. The van der Waals surface area contributed by atoms with Crippen molar-refractivity contribution >= 4 is 11.8 Å². The smallest absolute Gasteiger partial charge is 0.224 e. The minimum Gasteiger partial charge on any atom is -0.368 e. The Kier molecular flexibility index (Phi) is 5.00. The van der Waals surface area contributed by atoms with Gasteiger partial charge >= 0.3 is 0 Å². The summed E-state index contributed by atoms with van der Waals surface area (Å²) in [7, 11) is 0. The summed E-state index contributed by atoms with van der Waals surface area (Å²) in [6.07, 6.45) is 7.74. The molecule has 0 amide bonds. The minimum atomic E-state index is 0.267. The van der Waals surface area contributed by atoms with Gasteiger partial charge in [-0.2, -0.15) is 15.5 Å². The summed E-state index contributed by atoms with van der Waals surface area (Å²) in [6, 6.07) is 12.2. The summed E-state index contributed by atoms with van der Waals surface area (Å²) in [5.41, 5.74) is 8.72. The summed E-state index contributed by atoms with van der Waals surface area (Å²) >= 11 is 0. The Morgan fingerprint density at radius 3 is 2.52 bits per heavy atom. The fourth-order valence-electron chi connectivity index (χ4n) is 6.36. The van der Waals surface area contributed by atoms with Crippen molar-refractivity contribution in [1.29, 1.82) is 10.5 Å². The molecule has 7 nitrogen and oxygen atoms in total. The van der Waals surface area contributed by atoms with E-state index in [-0.39, 0.29) is 5.41 Å². The van der Waals surface area contributed by atoms with Crippen molar-refractivity contribution in [2.45, 2.75) is 44.7 Å². The Morgan fingerprint density at radius 1 is 1.03 bits per heavy atom. The molecule has 1 aromatic heterocycles. The lowest BCUT2D eigenvalue weighted by atomic mass is 9.48. The van der Waals surface area contributed by atoms with Gasteiger partial charge in [-0.25, -0.2) is 4.98 Å². The first-order chi connectivity index (χ1) is 15.1. The molecule has 1 heterocycles. The number of benzene rings is 1. The van der Waals surface area contributed by atoms with Gasteiger partial charge in [0, 0.05) is 19.1 Å². The molecule has 1 unspecified atom stereocenters. The van der Waals surface area contributed by atoms with E-state index in [4.69, 9.17) is 5.73 Å². The maximum atomic E-state index is 9.54. The maximum absolute atomic E-state index is 9.54. The number of hydrogen-bond acceptors (Lipinski definition) is 7. The van der Waals surface area contributed by atoms with Crippen LogP contribution in [0.3, 0.4) is 0 Å². The van der Waals surface area contributed by atoms with E-state index in [1.54, 1.807) is 12.3 Å². The van der Waals surface area contributed by atoms with Crippen LogP contribution in [0.15, 0.2) is 30.5 Å². The molecule has 4 aliphatic carbocycles. The van der Waals surface area contributed by atoms with Crippen molar-refractivity contribution in [1.82, 2.24) is 9.97 Å². The highest BCUT2D eigenvalue weighted by Crippen LogP contribution is 2.59. The Bertz CT molecular complexity index is 1050. The van der Waals surface area contributed by atoms with Crippen LogP contribution in [0, 0.1) is 45.8 Å². The number of nitrogens with two attached hydrogens (primary N) is 1. The van der Waals surface area contributed by atoms with Crippen LogP contribution in [0.5, 0.6) is 0 Å². The Hall–Kier alpha value is -3.16. The van der Waals surface area contributed by atoms with E-state index in [9.17, 15) is 10.5 Å². The second-order valence-electron chi connectivity index (χ2n) is 9.59. The first kappa shape index (κ1) is 19.8. The Labute approximate surface area is 182 Å². The average Bonchev–Trinajstić information content (AvgIpc) is 2.79. The summed E-state index contributed by atoms with van der Waals surface area (Å²) in [4.78, 5) is 8.86. The minimum absolute atomic E-state index is 0.267. The van der Waals surface area contributed by atoms with Gasteiger partial charge in [0.05, 0.1) is 17.8 Å². The van der Waals surface area contributed by atoms with Crippen LogP contribution in [-0.4, -0.2) is 22.6 Å². The number of aromatic nitrogens is 2. The molecule has 0 aliphatic heterocycles. The first-order valence-corrected chi connectivity index (χ1v) is 11.1. The summed E-state index contributed by atoms with van der Waals surface area (Å²) < 4.78 is 0. The van der Waals surface area contributed by atoms with Crippen molar-refractivity contribution in [2.24, 2.45) is 28.9 Å². The molecule has 2 aromatic rings. The second-order valence-corrected chi connectivity index (χ2v) is 9.59. The lowest BCUT2D eigenvalue weighted by Gasteiger charge is -2.59. The molecule has 31 heavy (non-hydrogen) atoms. The van der Waals surface area contributed by atoms with E-state index >= 15 is 0 Å². The molecule has 5 atom stereocenters. The van der Waals surface area contributed by atoms with E-state index in [1.165, 1.54) is 32.1 Å². The second kappa shape index (κ2) is 7.83. The van der Waals surface area contributed by atoms with Gasteiger partial charge in [0.25, 0.3) is 0 Å². The molecule has 4 aliphatic rings. The third-order valence-electron chi connectivity index (χ3n) is 7.59. The number of nitrogens with one attached hydrogen (secondary N) is 2. The van der Waals surface area contributed by atoms with Gasteiger partial charge in [-0.15, -0.1) is 0 Å². The fraction of sp³-hybridized carbons (Fsp3) is 0.500.